The molecule has 0 saturated heterocycles. The number of carbonyl (C=O) groups is 1. The minimum Gasteiger partial charge on any atom is -0.380 e. The Morgan fingerprint density at radius 1 is 1.86 bits per heavy atom. The SMILES string of the molecule is C/C=C1\C(=O)C1O. The maximum absolute atomic E-state index is 10.1. The molecule has 1 aliphatic carbocycles. The van der Waals surface area contributed by atoms with Crippen LogP contribution in [0.3, 0.4) is 0 Å². The third kappa shape index (κ3) is 0.472. The molecule has 1 atom stereocenters. The number of aliphatic hydroxyl groups is 1. The molecule has 0 aromatic carbocycles. The second-order valence-corrected chi connectivity index (χ2v) is 1.51. The number of aliphatic hydroxyl groups excluding tert-OH is 1. The number of hydrogen-bond acceptors (Lipinski definition) is 2. The molecule has 1 N–H and O–H groups in total. The molecule has 38 valence electrons. The van der Waals surface area contributed by atoms with Crippen molar-refractivity contribution in [3.63, 3.8) is 0 Å². The van der Waals surface area contributed by atoms with Crippen LogP contribution in [-0.4, -0.2) is 17.0 Å². The Morgan fingerprint density at radius 2 is 2.29 bits per heavy atom. The van der Waals surface area contributed by atoms with E-state index in [2.05, 4.69) is 0 Å². The van der Waals surface area contributed by atoms with Crippen LogP contribution >= 0.6 is 0 Å². The Balaban J connectivity index is 2.71. The van der Waals surface area contributed by atoms with E-state index in [4.69, 9.17) is 5.11 Å². The molecule has 0 aromatic heterocycles. The Labute approximate surface area is 41.5 Å². The molecule has 1 saturated carbocycles. The summed E-state index contributed by atoms with van der Waals surface area (Å²) in [6.07, 6.45) is 0.887. The van der Waals surface area contributed by atoms with Gasteiger partial charge in [0.05, 0.1) is 0 Å². The molecule has 0 spiro atoms. The highest BCUT2D eigenvalue weighted by atomic mass is 16.3. The highest BCUT2D eigenvalue weighted by Crippen LogP contribution is 2.22. The van der Waals surface area contributed by atoms with Gasteiger partial charge in [-0.15, -0.1) is 0 Å². The summed E-state index contributed by atoms with van der Waals surface area (Å²) < 4.78 is 0. The second kappa shape index (κ2) is 1.17. The molecule has 0 amide bonds. The number of carbonyl (C=O) groups excluding carboxylic acids is 1. The minimum atomic E-state index is -0.745. The van der Waals surface area contributed by atoms with Crippen LogP contribution < -0.4 is 0 Å². The zero-order valence-electron chi connectivity index (χ0n) is 4.01. The predicted molar refractivity (Wildman–Crippen MR) is 24.8 cm³/mol. The average Bonchev–Trinajstić information content (AvgIpc) is 2.17. The van der Waals surface area contributed by atoms with Gasteiger partial charge in [0, 0.05) is 5.57 Å². The fourth-order valence-electron chi connectivity index (χ4n) is 0.506. The maximum Gasteiger partial charge on any atom is 0.194 e. The molecule has 0 heterocycles. The summed E-state index contributed by atoms with van der Waals surface area (Å²) in [6, 6.07) is 0. The summed E-state index contributed by atoms with van der Waals surface area (Å²) in [5, 5.41) is 8.48. The summed E-state index contributed by atoms with van der Waals surface area (Å²) in [5.41, 5.74) is 0.556. The van der Waals surface area contributed by atoms with Crippen molar-refractivity contribution < 1.29 is 9.90 Å². The summed E-state index contributed by atoms with van der Waals surface area (Å²) in [5.74, 6) is -0.123. The average molecular weight is 98.1 g/mol. The van der Waals surface area contributed by atoms with Gasteiger partial charge in [-0.2, -0.15) is 0 Å². The van der Waals surface area contributed by atoms with E-state index in [0.717, 1.165) is 0 Å². The molecule has 0 aromatic rings. The van der Waals surface area contributed by atoms with E-state index in [1.165, 1.54) is 0 Å². The molecule has 2 nitrogen and oxygen atoms in total. The molecule has 1 aliphatic rings. The van der Waals surface area contributed by atoms with Crippen molar-refractivity contribution in [2.45, 2.75) is 13.0 Å². The monoisotopic (exact) mass is 98.0 g/mol. The van der Waals surface area contributed by atoms with Gasteiger partial charge in [-0.3, -0.25) is 4.79 Å². The van der Waals surface area contributed by atoms with Crippen LogP contribution in [0.4, 0.5) is 0 Å². The number of hydrogen-bond donors (Lipinski definition) is 1. The Morgan fingerprint density at radius 3 is 2.29 bits per heavy atom. The van der Waals surface area contributed by atoms with E-state index < -0.39 is 6.10 Å². The first-order chi connectivity index (χ1) is 3.27. The van der Waals surface area contributed by atoms with Gasteiger partial charge in [-0.1, -0.05) is 6.08 Å². The van der Waals surface area contributed by atoms with Crippen LogP contribution in [0.1, 0.15) is 6.92 Å². The lowest BCUT2D eigenvalue weighted by atomic mass is 10.5. The van der Waals surface area contributed by atoms with E-state index in [0.29, 0.717) is 5.57 Å². The zero-order chi connectivity index (χ0) is 5.44. The van der Waals surface area contributed by atoms with Crippen molar-refractivity contribution in [2.75, 3.05) is 0 Å². The molecule has 7 heavy (non-hydrogen) atoms. The van der Waals surface area contributed by atoms with Crippen molar-refractivity contribution in [2.24, 2.45) is 0 Å². The van der Waals surface area contributed by atoms with Gasteiger partial charge in [0.15, 0.2) is 5.78 Å². The van der Waals surface area contributed by atoms with Crippen molar-refractivity contribution in [3.05, 3.63) is 11.6 Å². The standard InChI is InChI=1S/C5H6O2/c1-2-3-4(6)5(3)7/h2,4,6H,1H3/b3-2-. The highest BCUT2D eigenvalue weighted by molar-refractivity contribution is 6.19. The summed E-state index contributed by atoms with van der Waals surface area (Å²) in [4.78, 5) is 10.1. The van der Waals surface area contributed by atoms with Crippen molar-refractivity contribution in [1.82, 2.24) is 0 Å². The van der Waals surface area contributed by atoms with E-state index in [9.17, 15) is 4.79 Å². The fraction of sp³-hybridized carbons (Fsp3) is 0.400. The lowest BCUT2D eigenvalue weighted by Crippen LogP contribution is -1.76. The highest BCUT2D eigenvalue weighted by Gasteiger charge is 2.39. The lowest BCUT2D eigenvalue weighted by Gasteiger charge is -1.61. The number of Topliss-reactive ketones (excluding diaryl/α,β-unsaturated/α-hetero) is 1. The van der Waals surface area contributed by atoms with E-state index in [1.807, 2.05) is 0 Å². The van der Waals surface area contributed by atoms with E-state index in [-0.39, 0.29) is 5.78 Å². The summed E-state index contributed by atoms with van der Waals surface area (Å²) in [7, 11) is 0. The molecular weight excluding hydrogens is 92.1 g/mol. The van der Waals surface area contributed by atoms with Gasteiger partial charge in [0.2, 0.25) is 0 Å². The summed E-state index contributed by atoms with van der Waals surface area (Å²) >= 11 is 0. The quantitative estimate of drug-likeness (QED) is 0.429. The van der Waals surface area contributed by atoms with E-state index >= 15 is 0 Å². The van der Waals surface area contributed by atoms with Crippen molar-refractivity contribution >= 4 is 5.78 Å². The smallest absolute Gasteiger partial charge is 0.194 e. The van der Waals surface area contributed by atoms with E-state index in [1.54, 1.807) is 13.0 Å². The van der Waals surface area contributed by atoms with Crippen molar-refractivity contribution in [1.29, 1.82) is 0 Å². The first-order valence-corrected chi connectivity index (χ1v) is 2.16. The molecule has 2 heteroatoms. The maximum atomic E-state index is 10.1. The largest absolute Gasteiger partial charge is 0.380 e. The summed E-state index contributed by atoms with van der Waals surface area (Å²) in [6.45, 7) is 1.74. The van der Waals surface area contributed by atoms with Crippen LogP contribution in [0.2, 0.25) is 0 Å². The molecule has 1 fully saturated rings. The lowest BCUT2D eigenvalue weighted by molar-refractivity contribution is -0.111. The fourth-order valence-corrected chi connectivity index (χ4v) is 0.506. The van der Waals surface area contributed by atoms with Crippen LogP contribution in [0.5, 0.6) is 0 Å². The van der Waals surface area contributed by atoms with Crippen LogP contribution in [-0.2, 0) is 4.79 Å². The van der Waals surface area contributed by atoms with Gasteiger partial charge >= 0.3 is 0 Å². The molecule has 0 radical (unpaired) electrons. The zero-order valence-corrected chi connectivity index (χ0v) is 4.01. The Hall–Kier alpha value is -0.630. The Kier molecular flexibility index (Phi) is 0.755. The van der Waals surface area contributed by atoms with Gasteiger partial charge in [-0.05, 0) is 6.92 Å². The number of ketones is 1. The second-order valence-electron chi connectivity index (χ2n) is 1.51. The third-order valence-electron chi connectivity index (χ3n) is 1.06. The molecular formula is C5H6O2. The minimum absolute atomic E-state index is 0.123. The van der Waals surface area contributed by atoms with Crippen LogP contribution in [0, 0.1) is 0 Å². The molecule has 0 bridgehead atoms. The van der Waals surface area contributed by atoms with Crippen LogP contribution in [0.25, 0.3) is 0 Å². The molecule has 1 unspecified atom stereocenters. The first-order valence-electron chi connectivity index (χ1n) is 2.16. The van der Waals surface area contributed by atoms with Crippen molar-refractivity contribution in [3.8, 4) is 0 Å². The molecule has 0 aliphatic heterocycles. The predicted octanol–water partition coefficient (Wildman–Crippen LogP) is -0.124. The third-order valence-corrected chi connectivity index (χ3v) is 1.06. The van der Waals surface area contributed by atoms with Gasteiger partial charge in [-0.25, -0.2) is 0 Å². The number of allylic oxidation sites excluding steroid dienone is 1. The Bertz CT molecular complexity index is 135. The van der Waals surface area contributed by atoms with Gasteiger partial charge in [0.25, 0.3) is 0 Å². The molecule has 1 rings (SSSR count). The van der Waals surface area contributed by atoms with Gasteiger partial charge in [0.1, 0.15) is 6.10 Å². The topological polar surface area (TPSA) is 37.3 Å². The van der Waals surface area contributed by atoms with Gasteiger partial charge < -0.3 is 5.11 Å². The normalized spacial score (nSPS) is 34.3. The first kappa shape index (κ1) is 4.53. The number of rotatable bonds is 0. The van der Waals surface area contributed by atoms with Crippen LogP contribution in [0.15, 0.2) is 11.6 Å².